The van der Waals surface area contributed by atoms with E-state index in [1.54, 1.807) is 11.9 Å². The van der Waals surface area contributed by atoms with Gasteiger partial charge in [-0.25, -0.2) is 4.79 Å². The molecule has 0 atom stereocenters. The second-order valence-corrected chi connectivity index (χ2v) is 9.78. The van der Waals surface area contributed by atoms with Crippen LogP contribution in [-0.4, -0.2) is 78.3 Å². The lowest BCUT2D eigenvalue weighted by atomic mass is 9.80. The fourth-order valence-corrected chi connectivity index (χ4v) is 3.87. The lowest BCUT2D eigenvalue weighted by Gasteiger charge is -2.29. The van der Waals surface area contributed by atoms with Crippen molar-refractivity contribution < 1.29 is 27.4 Å². The Hall–Kier alpha value is -1.81. The van der Waals surface area contributed by atoms with E-state index in [0.717, 1.165) is 36.9 Å². The first kappa shape index (κ1) is 26.4. The number of rotatable bonds is 9. The number of nitrogens with one attached hydrogen (secondary N) is 1. The molecule has 0 spiro atoms. The van der Waals surface area contributed by atoms with Crippen molar-refractivity contribution in [1.29, 1.82) is 0 Å². The number of halogens is 3. The van der Waals surface area contributed by atoms with Crippen molar-refractivity contribution in [3.63, 3.8) is 0 Å². The first-order chi connectivity index (χ1) is 14.8. The van der Waals surface area contributed by atoms with Crippen LogP contribution in [-0.2, 0) is 16.0 Å². The van der Waals surface area contributed by atoms with Crippen molar-refractivity contribution in [2.24, 2.45) is 5.92 Å². The topological polar surface area (TPSA) is 70.7 Å². The molecule has 1 aromatic heterocycles. The smallest absolute Gasteiger partial charge is 0.411 e. The quantitative estimate of drug-likeness (QED) is 0.583. The number of hydrogen-bond acceptors (Lipinski definition) is 5. The fraction of sp³-hybridized carbons (Fsp3) is 0.818. The summed E-state index contributed by atoms with van der Waals surface area (Å²) in [6.45, 7) is 6.43. The third-order valence-electron chi connectivity index (χ3n) is 5.57. The summed E-state index contributed by atoms with van der Waals surface area (Å²) in [5.41, 5.74) is 1.63. The molecule has 1 aliphatic carbocycles. The van der Waals surface area contributed by atoms with Gasteiger partial charge in [0.1, 0.15) is 12.2 Å². The highest BCUT2D eigenvalue weighted by molar-refractivity contribution is 5.67. The number of likely N-dealkylation sites (N-methyl/N-ethyl adjacent to an activating group) is 2. The van der Waals surface area contributed by atoms with Gasteiger partial charge < -0.3 is 19.3 Å². The molecule has 2 rings (SSSR count). The molecule has 0 saturated heterocycles. The number of alkyl halides is 3. The summed E-state index contributed by atoms with van der Waals surface area (Å²) in [5, 5.41) is 7.42. The van der Waals surface area contributed by atoms with E-state index in [1.165, 1.54) is 0 Å². The minimum Gasteiger partial charge on any atom is -0.444 e. The normalized spacial score (nSPS) is 19.9. The van der Waals surface area contributed by atoms with Gasteiger partial charge in [0.15, 0.2) is 0 Å². The summed E-state index contributed by atoms with van der Waals surface area (Å²) in [6.07, 6.45) is 0.755. The molecule has 0 aromatic carbocycles. The Morgan fingerprint density at radius 2 is 1.81 bits per heavy atom. The van der Waals surface area contributed by atoms with Gasteiger partial charge >= 0.3 is 12.3 Å². The molecule has 1 amide bonds. The third kappa shape index (κ3) is 9.36. The van der Waals surface area contributed by atoms with Crippen molar-refractivity contribution in [2.75, 3.05) is 40.4 Å². The van der Waals surface area contributed by atoms with Crippen molar-refractivity contribution in [3.8, 4) is 0 Å². The van der Waals surface area contributed by atoms with Crippen molar-refractivity contribution in [1.82, 2.24) is 20.0 Å². The SMILES string of the molecule is CN(CCN(C)C(=O)OC(C)(C)C)Cc1c[nH]nc1[C@H]1CC[C@H](COCC(F)(F)F)CC1. The largest absolute Gasteiger partial charge is 0.444 e. The molecule has 0 bridgehead atoms. The summed E-state index contributed by atoms with van der Waals surface area (Å²) >= 11 is 0. The molecule has 1 saturated carbocycles. The minimum absolute atomic E-state index is 0.160. The zero-order valence-electron chi connectivity index (χ0n) is 19.8. The van der Waals surface area contributed by atoms with Gasteiger partial charge in [0, 0.05) is 51.0 Å². The van der Waals surface area contributed by atoms with Gasteiger partial charge in [0.05, 0.1) is 5.69 Å². The molecule has 7 nitrogen and oxygen atoms in total. The molecule has 0 unspecified atom stereocenters. The number of ether oxygens (including phenoxy) is 2. The van der Waals surface area contributed by atoms with Crippen LogP contribution >= 0.6 is 0 Å². The van der Waals surface area contributed by atoms with Gasteiger partial charge in [0.2, 0.25) is 0 Å². The first-order valence-corrected chi connectivity index (χ1v) is 11.1. The van der Waals surface area contributed by atoms with E-state index in [9.17, 15) is 18.0 Å². The van der Waals surface area contributed by atoms with E-state index in [4.69, 9.17) is 9.47 Å². The summed E-state index contributed by atoms with van der Waals surface area (Å²) in [5.74, 6) is 0.468. The molecule has 184 valence electrons. The van der Waals surface area contributed by atoms with Crippen LogP contribution in [0.5, 0.6) is 0 Å². The Morgan fingerprint density at radius 3 is 2.41 bits per heavy atom. The van der Waals surface area contributed by atoms with Crippen LogP contribution in [0.25, 0.3) is 0 Å². The van der Waals surface area contributed by atoms with E-state index in [1.807, 2.05) is 34.0 Å². The van der Waals surface area contributed by atoms with Crippen LogP contribution in [0, 0.1) is 5.92 Å². The second kappa shape index (κ2) is 11.4. The molecule has 1 N–H and O–H groups in total. The van der Waals surface area contributed by atoms with E-state index in [2.05, 4.69) is 15.1 Å². The molecular formula is C22H37F3N4O3. The summed E-state index contributed by atoms with van der Waals surface area (Å²) in [6, 6.07) is 0. The molecule has 1 fully saturated rings. The van der Waals surface area contributed by atoms with E-state index < -0.39 is 18.4 Å². The van der Waals surface area contributed by atoms with Crippen LogP contribution in [0.2, 0.25) is 0 Å². The number of hydrogen-bond donors (Lipinski definition) is 1. The predicted octanol–water partition coefficient (Wildman–Crippen LogP) is 4.56. The Labute approximate surface area is 188 Å². The molecule has 1 aromatic rings. The van der Waals surface area contributed by atoms with Gasteiger partial charge in [-0.2, -0.15) is 18.3 Å². The highest BCUT2D eigenvalue weighted by atomic mass is 19.4. The average molecular weight is 463 g/mol. The van der Waals surface area contributed by atoms with Gasteiger partial charge in [0.25, 0.3) is 0 Å². The fourth-order valence-electron chi connectivity index (χ4n) is 3.87. The standard InChI is InChI=1S/C22H37F3N4O3/c1-21(2,3)32-20(30)29(5)11-10-28(4)13-18-12-26-27-19(18)17-8-6-16(7-9-17)14-31-15-22(23,24)25/h12,16-17H,6-11,13-15H2,1-5H3,(H,26,27)/t16-,17-. The van der Waals surface area contributed by atoms with Gasteiger partial charge in [-0.15, -0.1) is 0 Å². The van der Waals surface area contributed by atoms with Crippen molar-refractivity contribution in [3.05, 3.63) is 17.5 Å². The highest BCUT2D eigenvalue weighted by Gasteiger charge is 2.30. The minimum atomic E-state index is -4.27. The van der Waals surface area contributed by atoms with Gasteiger partial charge in [-0.05, 0) is 59.4 Å². The Morgan fingerprint density at radius 1 is 1.16 bits per heavy atom. The molecule has 0 radical (unpaired) electrons. The number of aromatic amines is 1. The zero-order valence-corrected chi connectivity index (χ0v) is 19.8. The van der Waals surface area contributed by atoms with E-state index in [-0.39, 0.29) is 18.6 Å². The number of aromatic nitrogens is 2. The van der Waals surface area contributed by atoms with E-state index in [0.29, 0.717) is 25.6 Å². The Balaban J connectivity index is 1.77. The first-order valence-electron chi connectivity index (χ1n) is 11.1. The number of H-pyrrole nitrogens is 1. The molecule has 1 aliphatic rings. The summed E-state index contributed by atoms with van der Waals surface area (Å²) < 4.78 is 46.9. The third-order valence-corrected chi connectivity index (χ3v) is 5.57. The number of carbonyl (C=O) groups is 1. The lowest BCUT2D eigenvalue weighted by Crippen LogP contribution is -2.38. The van der Waals surface area contributed by atoms with Crippen molar-refractivity contribution >= 4 is 6.09 Å². The van der Waals surface area contributed by atoms with Crippen LogP contribution in [0.15, 0.2) is 6.20 Å². The monoisotopic (exact) mass is 462 g/mol. The van der Waals surface area contributed by atoms with Gasteiger partial charge in [-0.3, -0.25) is 5.10 Å². The average Bonchev–Trinajstić information content (AvgIpc) is 3.12. The maximum Gasteiger partial charge on any atom is 0.411 e. The van der Waals surface area contributed by atoms with E-state index >= 15 is 0 Å². The molecule has 0 aliphatic heterocycles. The molecule has 32 heavy (non-hydrogen) atoms. The van der Waals surface area contributed by atoms with Crippen LogP contribution in [0.1, 0.15) is 63.6 Å². The Kier molecular flexibility index (Phi) is 9.39. The number of amides is 1. The summed E-state index contributed by atoms with van der Waals surface area (Å²) in [7, 11) is 3.72. The van der Waals surface area contributed by atoms with Crippen LogP contribution < -0.4 is 0 Å². The maximum absolute atomic E-state index is 12.2. The highest BCUT2D eigenvalue weighted by Crippen LogP contribution is 2.36. The molecular weight excluding hydrogens is 425 g/mol. The second-order valence-electron chi connectivity index (χ2n) is 9.78. The van der Waals surface area contributed by atoms with Crippen LogP contribution in [0.4, 0.5) is 18.0 Å². The zero-order chi connectivity index (χ0) is 23.9. The lowest BCUT2D eigenvalue weighted by molar-refractivity contribution is -0.177. The Bertz CT molecular complexity index is 710. The summed E-state index contributed by atoms with van der Waals surface area (Å²) in [4.78, 5) is 15.8. The van der Waals surface area contributed by atoms with Gasteiger partial charge in [-0.1, -0.05) is 0 Å². The maximum atomic E-state index is 12.2. The van der Waals surface area contributed by atoms with Crippen molar-refractivity contribution in [2.45, 2.75) is 70.7 Å². The van der Waals surface area contributed by atoms with Crippen LogP contribution in [0.3, 0.4) is 0 Å². The molecule has 10 heteroatoms. The number of carbonyl (C=O) groups excluding carboxylic acids is 1. The molecule has 1 heterocycles. The predicted molar refractivity (Wildman–Crippen MR) is 115 cm³/mol. The number of nitrogens with zero attached hydrogens (tertiary/aromatic N) is 3.